The number of aryl methyl sites for hydroxylation is 1. The van der Waals surface area contributed by atoms with Crippen molar-refractivity contribution in [3.05, 3.63) is 17.2 Å². The Kier molecular flexibility index (Phi) is 4.25. The highest BCUT2D eigenvalue weighted by atomic mass is 14.9. The van der Waals surface area contributed by atoms with Crippen LogP contribution in [0.15, 0.2) is 0 Å². The van der Waals surface area contributed by atoms with Crippen LogP contribution < -0.4 is 0 Å². The van der Waals surface area contributed by atoms with Crippen LogP contribution in [0.4, 0.5) is 0 Å². The summed E-state index contributed by atoms with van der Waals surface area (Å²) in [4.78, 5) is 8.41. The van der Waals surface area contributed by atoms with Crippen LogP contribution in [0.25, 0.3) is 0 Å². The number of aromatic nitrogens is 2. The molecule has 0 radical (unpaired) electrons. The maximum atomic E-state index is 4.82. The first kappa shape index (κ1) is 12.7. The standard InChI is InChI=1S/C15H26N2/c1-4-6-7-11(3)15-16-13-9-8-12(5-2)10-14(13)17-15/h11-12H,4-10H2,1-3H3,(H,16,17). The normalized spacial score (nSPS) is 21.2. The average molecular weight is 234 g/mol. The van der Waals surface area contributed by atoms with Crippen molar-refractivity contribution >= 4 is 0 Å². The highest BCUT2D eigenvalue weighted by molar-refractivity contribution is 5.20. The lowest BCUT2D eigenvalue weighted by Gasteiger charge is -2.19. The average Bonchev–Trinajstić information content (AvgIpc) is 2.78. The fraction of sp³-hybridized carbons (Fsp3) is 0.800. The zero-order valence-corrected chi connectivity index (χ0v) is 11.6. The van der Waals surface area contributed by atoms with E-state index in [1.54, 1.807) is 0 Å². The van der Waals surface area contributed by atoms with Gasteiger partial charge in [0.05, 0.1) is 5.69 Å². The van der Waals surface area contributed by atoms with E-state index < -0.39 is 0 Å². The molecule has 1 aliphatic carbocycles. The Morgan fingerprint density at radius 3 is 2.94 bits per heavy atom. The van der Waals surface area contributed by atoms with Crippen molar-refractivity contribution in [2.24, 2.45) is 5.92 Å². The van der Waals surface area contributed by atoms with Crippen LogP contribution in [0.3, 0.4) is 0 Å². The number of imidazole rings is 1. The molecular weight excluding hydrogens is 208 g/mol. The fourth-order valence-electron chi connectivity index (χ4n) is 2.80. The molecule has 0 saturated heterocycles. The molecule has 0 amide bonds. The molecule has 2 heteroatoms. The zero-order valence-electron chi connectivity index (χ0n) is 11.6. The first-order valence-electron chi connectivity index (χ1n) is 7.32. The molecule has 1 aromatic heterocycles. The topological polar surface area (TPSA) is 28.7 Å². The molecule has 2 atom stereocenters. The van der Waals surface area contributed by atoms with E-state index >= 15 is 0 Å². The van der Waals surface area contributed by atoms with E-state index in [0.29, 0.717) is 5.92 Å². The van der Waals surface area contributed by atoms with Crippen molar-refractivity contribution in [2.75, 3.05) is 0 Å². The molecule has 0 spiro atoms. The highest BCUT2D eigenvalue weighted by Crippen LogP contribution is 2.28. The number of H-pyrrole nitrogens is 1. The number of nitrogens with one attached hydrogen (secondary N) is 1. The van der Waals surface area contributed by atoms with Crippen LogP contribution in [0.2, 0.25) is 0 Å². The molecular formula is C15H26N2. The monoisotopic (exact) mass is 234 g/mol. The Labute approximate surface area is 105 Å². The third kappa shape index (κ3) is 2.91. The molecule has 0 saturated carbocycles. The number of nitrogens with zero attached hydrogens (tertiary/aromatic N) is 1. The summed E-state index contributed by atoms with van der Waals surface area (Å²) in [5.41, 5.74) is 2.79. The lowest BCUT2D eigenvalue weighted by molar-refractivity contribution is 0.438. The quantitative estimate of drug-likeness (QED) is 0.812. The van der Waals surface area contributed by atoms with Crippen LogP contribution in [0, 0.1) is 5.92 Å². The van der Waals surface area contributed by atoms with Crippen molar-refractivity contribution in [3.63, 3.8) is 0 Å². The Morgan fingerprint density at radius 1 is 1.41 bits per heavy atom. The third-order valence-corrected chi connectivity index (χ3v) is 4.20. The Morgan fingerprint density at radius 2 is 2.24 bits per heavy atom. The largest absolute Gasteiger partial charge is 0.345 e. The molecule has 1 N–H and O–H groups in total. The second kappa shape index (κ2) is 5.70. The Hall–Kier alpha value is -0.790. The van der Waals surface area contributed by atoms with Gasteiger partial charge in [-0.25, -0.2) is 4.98 Å². The predicted octanol–water partition coefficient (Wildman–Crippen LogP) is 4.22. The minimum atomic E-state index is 0.598. The summed E-state index contributed by atoms with van der Waals surface area (Å²) < 4.78 is 0. The van der Waals surface area contributed by atoms with Gasteiger partial charge in [-0.15, -0.1) is 0 Å². The minimum absolute atomic E-state index is 0.598. The van der Waals surface area contributed by atoms with Gasteiger partial charge in [-0.1, -0.05) is 40.0 Å². The Balaban J connectivity index is 2.04. The third-order valence-electron chi connectivity index (χ3n) is 4.20. The first-order chi connectivity index (χ1) is 8.24. The molecule has 1 aromatic rings. The second-order valence-electron chi connectivity index (χ2n) is 5.61. The summed E-state index contributed by atoms with van der Waals surface area (Å²) in [6.45, 7) is 6.86. The van der Waals surface area contributed by atoms with E-state index in [0.717, 1.165) is 5.92 Å². The molecule has 2 unspecified atom stereocenters. The van der Waals surface area contributed by atoms with E-state index in [9.17, 15) is 0 Å². The van der Waals surface area contributed by atoms with Crippen molar-refractivity contribution in [2.45, 2.75) is 71.6 Å². The minimum Gasteiger partial charge on any atom is -0.345 e. The summed E-state index contributed by atoms with van der Waals surface area (Å²) in [7, 11) is 0. The van der Waals surface area contributed by atoms with E-state index in [4.69, 9.17) is 4.98 Å². The zero-order chi connectivity index (χ0) is 12.3. The van der Waals surface area contributed by atoms with Gasteiger partial charge in [-0.05, 0) is 31.6 Å². The molecule has 96 valence electrons. The van der Waals surface area contributed by atoms with Crippen molar-refractivity contribution in [1.82, 2.24) is 9.97 Å². The van der Waals surface area contributed by atoms with Gasteiger partial charge in [-0.2, -0.15) is 0 Å². The number of hydrogen-bond acceptors (Lipinski definition) is 1. The van der Waals surface area contributed by atoms with Gasteiger partial charge >= 0.3 is 0 Å². The molecule has 2 rings (SSSR count). The van der Waals surface area contributed by atoms with Crippen LogP contribution >= 0.6 is 0 Å². The van der Waals surface area contributed by atoms with Crippen LogP contribution in [0.5, 0.6) is 0 Å². The summed E-state index contributed by atoms with van der Waals surface area (Å²) in [5.74, 6) is 2.71. The number of aromatic amines is 1. The number of rotatable bonds is 5. The summed E-state index contributed by atoms with van der Waals surface area (Å²) in [5, 5.41) is 0. The van der Waals surface area contributed by atoms with Crippen LogP contribution in [-0.2, 0) is 12.8 Å². The smallest absolute Gasteiger partial charge is 0.109 e. The van der Waals surface area contributed by atoms with Gasteiger partial charge in [0.25, 0.3) is 0 Å². The predicted molar refractivity (Wildman–Crippen MR) is 72.3 cm³/mol. The van der Waals surface area contributed by atoms with E-state index in [1.165, 1.54) is 62.2 Å². The molecule has 1 aliphatic rings. The van der Waals surface area contributed by atoms with Crippen LogP contribution in [-0.4, -0.2) is 9.97 Å². The van der Waals surface area contributed by atoms with Gasteiger partial charge in [0.15, 0.2) is 0 Å². The summed E-state index contributed by atoms with van der Waals surface area (Å²) >= 11 is 0. The SMILES string of the molecule is CCCCC(C)c1nc2c([nH]1)CC(CC)CC2. The van der Waals surface area contributed by atoms with Crippen molar-refractivity contribution < 1.29 is 0 Å². The number of hydrogen-bond donors (Lipinski definition) is 1. The molecule has 0 aromatic carbocycles. The van der Waals surface area contributed by atoms with E-state index in [-0.39, 0.29) is 0 Å². The second-order valence-corrected chi connectivity index (χ2v) is 5.61. The molecule has 0 aliphatic heterocycles. The van der Waals surface area contributed by atoms with Gasteiger partial charge < -0.3 is 4.98 Å². The molecule has 2 nitrogen and oxygen atoms in total. The van der Waals surface area contributed by atoms with E-state index in [2.05, 4.69) is 25.8 Å². The van der Waals surface area contributed by atoms with Crippen molar-refractivity contribution in [3.8, 4) is 0 Å². The van der Waals surface area contributed by atoms with Crippen molar-refractivity contribution in [1.29, 1.82) is 0 Å². The summed E-state index contributed by atoms with van der Waals surface area (Å²) in [6, 6.07) is 0. The first-order valence-corrected chi connectivity index (χ1v) is 7.32. The maximum absolute atomic E-state index is 4.82. The van der Waals surface area contributed by atoms with Gasteiger partial charge in [0, 0.05) is 11.6 Å². The van der Waals surface area contributed by atoms with Gasteiger partial charge in [0.2, 0.25) is 0 Å². The van der Waals surface area contributed by atoms with Crippen LogP contribution in [0.1, 0.15) is 76.0 Å². The van der Waals surface area contributed by atoms with Gasteiger partial charge in [-0.3, -0.25) is 0 Å². The Bertz CT molecular complexity index is 354. The highest BCUT2D eigenvalue weighted by Gasteiger charge is 2.22. The number of fused-ring (bicyclic) bond motifs is 1. The lowest BCUT2D eigenvalue weighted by Crippen LogP contribution is -2.12. The molecule has 0 bridgehead atoms. The molecule has 17 heavy (non-hydrogen) atoms. The molecule has 0 fully saturated rings. The fourth-order valence-corrected chi connectivity index (χ4v) is 2.80. The summed E-state index contributed by atoms with van der Waals surface area (Å²) in [6.07, 6.45) is 8.90. The molecule has 1 heterocycles. The van der Waals surface area contributed by atoms with E-state index in [1.807, 2.05) is 0 Å². The lowest BCUT2D eigenvalue weighted by atomic mass is 9.88. The van der Waals surface area contributed by atoms with Gasteiger partial charge in [0.1, 0.15) is 5.82 Å². The maximum Gasteiger partial charge on any atom is 0.109 e. The number of unbranched alkanes of at least 4 members (excludes halogenated alkanes) is 1.